The first-order chi connectivity index (χ1) is 11.0. The molecule has 1 aromatic heterocycles. The molecule has 2 rings (SSSR count). The summed E-state index contributed by atoms with van der Waals surface area (Å²) in [5, 5.41) is 4.79. The lowest BCUT2D eigenvalue weighted by Crippen LogP contribution is -2.38. The Morgan fingerprint density at radius 2 is 1.87 bits per heavy atom. The molecule has 0 saturated heterocycles. The van der Waals surface area contributed by atoms with Gasteiger partial charge >= 0.3 is 0 Å². The second kappa shape index (κ2) is 7.92. The van der Waals surface area contributed by atoms with Crippen LogP contribution in [0.15, 0.2) is 35.7 Å². The van der Waals surface area contributed by atoms with Gasteiger partial charge in [-0.1, -0.05) is 25.1 Å². The lowest BCUT2D eigenvalue weighted by Gasteiger charge is -2.21. The van der Waals surface area contributed by atoms with Crippen LogP contribution in [0.4, 0.5) is 5.69 Å². The minimum Gasteiger partial charge on any atom is -0.329 e. The summed E-state index contributed by atoms with van der Waals surface area (Å²) in [6, 6.07) is 9.54. The molecule has 0 radical (unpaired) electrons. The maximum absolute atomic E-state index is 12.6. The molecule has 4 nitrogen and oxygen atoms in total. The molecule has 122 valence electrons. The van der Waals surface area contributed by atoms with Crippen molar-refractivity contribution in [3.63, 3.8) is 0 Å². The van der Waals surface area contributed by atoms with E-state index < -0.39 is 0 Å². The molecule has 0 saturated carbocycles. The fraction of sp³-hybridized carbons (Fsp3) is 0.333. The molecule has 0 bridgehead atoms. The van der Waals surface area contributed by atoms with E-state index in [4.69, 9.17) is 0 Å². The number of para-hydroxylation sites is 1. The van der Waals surface area contributed by atoms with Crippen LogP contribution in [-0.2, 0) is 4.79 Å². The van der Waals surface area contributed by atoms with E-state index in [1.807, 2.05) is 56.5 Å². The highest BCUT2D eigenvalue weighted by atomic mass is 32.1. The molecule has 2 amide bonds. The fourth-order valence-corrected chi connectivity index (χ4v) is 3.23. The molecule has 0 fully saturated rings. The van der Waals surface area contributed by atoms with Crippen molar-refractivity contribution in [2.75, 3.05) is 18.4 Å². The standard InChI is InChI=1S/C18H22N2O2S/c1-4-10-20(18(22)17-14(3)9-11-23-17)12-16(21)19-15-8-6-5-7-13(15)2/h5-9,11H,4,10,12H2,1-3H3,(H,19,21). The van der Waals surface area contributed by atoms with E-state index in [2.05, 4.69) is 5.32 Å². The van der Waals surface area contributed by atoms with Crippen molar-refractivity contribution in [1.82, 2.24) is 4.90 Å². The highest BCUT2D eigenvalue weighted by Crippen LogP contribution is 2.18. The Morgan fingerprint density at radius 3 is 2.48 bits per heavy atom. The van der Waals surface area contributed by atoms with Crippen molar-refractivity contribution in [2.45, 2.75) is 27.2 Å². The number of rotatable bonds is 6. The second-order valence-electron chi connectivity index (χ2n) is 5.52. The molecule has 1 aromatic carbocycles. The van der Waals surface area contributed by atoms with Crippen molar-refractivity contribution in [1.29, 1.82) is 0 Å². The molecule has 23 heavy (non-hydrogen) atoms. The molecule has 0 aliphatic carbocycles. The van der Waals surface area contributed by atoms with Gasteiger partial charge in [0.15, 0.2) is 0 Å². The summed E-state index contributed by atoms with van der Waals surface area (Å²) < 4.78 is 0. The fourth-order valence-electron chi connectivity index (χ4n) is 2.33. The summed E-state index contributed by atoms with van der Waals surface area (Å²) in [5.74, 6) is -0.241. The number of aryl methyl sites for hydroxylation is 2. The first kappa shape index (κ1) is 17.2. The molecule has 1 heterocycles. The van der Waals surface area contributed by atoms with Crippen LogP contribution in [0.2, 0.25) is 0 Å². The van der Waals surface area contributed by atoms with E-state index in [-0.39, 0.29) is 18.4 Å². The van der Waals surface area contributed by atoms with Crippen molar-refractivity contribution >= 4 is 28.8 Å². The third-order valence-corrected chi connectivity index (χ3v) is 4.60. The van der Waals surface area contributed by atoms with Crippen LogP contribution in [0.25, 0.3) is 0 Å². The Morgan fingerprint density at radius 1 is 1.13 bits per heavy atom. The zero-order valence-corrected chi connectivity index (χ0v) is 14.6. The van der Waals surface area contributed by atoms with E-state index in [0.29, 0.717) is 11.4 Å². The van der Waals surface area contributed by atoms with Crippen LogP contribution in [0, 0.1) is 13.8 Å². The summed E-state index contributed by atoms with van der Waals surface area (Å²) in [5.41, 5.74) is 2.75. The Labute approximate surface area is 141 Å². The van der Waals surface area contributed by atoms with Gasteiger partial charge in [0.2, 0.25) is 5.91 Å². The van der Waals surface area contributed by atoms with E-state index in [0.717, 1.165) is 23.2 Å². The van der Waals surface area contributed by atoms with Crippen molar-refractivity contribution < 1.29 is 9.59 Å². The number of carbonyl (C=O) groups is 2. The highest BCUT2D eigenvalue weighted by molar-refractivity contribution is 7.12. The topological polar surface area (TPSA) is 49.4 Å². The molecule has 0 aliphatic heterocycles. The average molecular weight is 330 g/mol. The third-order valence-electron chi connectivity index (χ3n) is 3.59. The number of nitrogens with zero attached hydrogens (tertiary/aromatic N) is 1. The minimum atomic E-state index is -0.171. The first-order valence-electron chi connectivity index (χ1n) is 7.71. The van der Waals surface area contributed by atoms with Crippen molar-refractivity contribution in [3.8, 4) is 0 Å². The van der Waals surface area contributed by atoms with Gasteiger partial charge in [-0.25, -0.2) is 0 Å². The van der Waals surface area contributed by atoms with Crippen LogP contribution in [0.3, 0.4) is 0 Å². The lowest BCUT2D eigenvalue weighted by atomic mass is 10.2. The van der Waals surface area contributed by atoms with Crippen LogP contribution >= 0.6 is 11.3 Å². The van der Waals surface area contributed by atoms with Crippen molar-refractivity contribution in [3.05, 3.63) is 51.7 Å². The SMILES string of the molecule is CCCN(CC(=O)Nc1ccccc1C)C(=O)c1sccc1C. The summed E-state index contributed by atoms with van der Waals surface area (Å²) >= 11 is 1.42. The predicted octanol–water partition coefficient (Wildman–Crippen LogP) is 3.86. The Hall–Kier alpha value is -2.14. The van der Waals surface area contributed by atoms with Gasteiger partial charge in [-0.15, -0.1) is 11.3 Å². The zero-order valence-electron chi connectivity index (χ0n) is 13.8. The van der Waals surface area contributed by atoms with Gasteiger partial charge < -0.3 is 10.2 Å². The normalized spacial score (nSPS) is 10.4. The Balaban J connectivity index is 2.07. The third kappa shape index (κ3) is 4.42. The van der Waals surface area contributed by atoms with Crippen LogP contribution in [0.5, 0.6) is 0 Å². The maximum atomic E-state index is 12.6. The van der Waals surface area contributed by atoms with Gasteiger partial charge in [0.1, 0.15) is 6.54 Å². The van der Waals surface area contributed by atoms with Crippen LogP contribution < -0.4 is 5.32 Å². The summed E-state index contributed by atoms with van der Waals surface area (Å²) in [6.45, 7) is 6.50. The van der Waals surface area contributed by atoms with Gasteiger partial charge in [0.05, 0.1) is 4.88 Å². The molecule has 0 spiro atoms. The molecule has 0 aliphatic rings. The minimum absolute atomic E-state index is 0.0678. The predicted molar refractivity (Wildman–Crippen MR) is 95.1 cm³/mol. The number of benzene rings is 1. The van der Waals surface area contributed by atoms with E-state index in [1.54, 1.807) is 4.90 Å². The van der Waals surface area contributed by atoms with Gasteiger partial charge in [-0.2, -0.15) is 0 Å². The molecule has 1 N–H and O–H groups in total. The molecule has 2 aromatic rings. The number of thiophene rings is 1. The number of anilines is 1. The molecular weight excluding hydrogens is 308 g/mol. The zero-order chi connectivity index (χ0) is 16.8. The number of nitrogens with one attached hydrogen (secondary N) is 1. The monoisotopic (exact) mass is 330 g/mol. The van der Waals surface area contributed by atoms with Gasteiger partial charge in [0.25, 0.3) is 5.91 Å². The summed E-state index contributed by atoms with van der Waals surface area (Å²) in [6.07, 6.45) is 0.813. The number of amides is 2. The highest BCUT2D eigenvalue weighted by Gasteiger charge is 2.20. The molecule has 0 unspecified atom stereocenters. The number of hydrogen-bond acceptors (Lipinski definition) is 3. The van der Waals surface area contributed by atoms with E-state index >= 15 is 0 Å². The van der Waals surface area contributed by atoms with Crippen molar-refractivity contribution in [2.24, 2.45) is 0 Å². The Bertz CT molecular complexity index is 694. The average Bonchev–Trinajstić information content (AvgIpc) is 2.94. The number of hydrogen-bond donors (Lipinski definition) is 1. The van der Waals surface area contributed by atoms with Crippen LogP contribution in [0.1, 0.15) is 34.1 Å². The van der Waals surface area contributed by atoms with Gasteiger partial charge in [-0.3, -0.25) is 9.59 Å². The largest absolute Gasteiger partial charge is 0.329 e. The molecule has 0 atom stereocenters. The second-order valence-corrected chi connectivity index (χ2v) is 6.44. The molecular formula is C18H22N2O2S. The first-order valence-corrected chi connectivity index (χ1v) is 8.59. The molecule has 5 heteroatoms. The van der Waals surface area contributed by atoms with E-state index in [1.165, 1.54) is 11.3 Å². The maximum Gasteiger partial charge on any atom is 0.264 e. The van der Waals surface area contributed by atoms with Gasteiger partial charge in [-0.05, 0) is 48.9 Å². The van der Waals surface area contributed by atoms with E-state index in [9.17, 15) is 9.59 Å². The van der Waals surface area contributed by atoms with Crippen LogP contribution in [-0.4, -0.2) is 29.8 Å². The van der Waals surface area contributed by atoms with Gasteiger partial charge in [0, 0.05) is 12.2 Å². The smallest absolute Gasteiger partial charge is 0.264 e. The Kier molecular flexibility index (Phi) is 5.93. The quantitative estimate of drug-likeness (QED) is 0.874. The lowest BCUT2D eigenvalue weighted by molar-refractivity contribution is -0.116. The summed E-state index contributed by atoms with van der Waals surface area (Å²) in [7, 11) is 0. The number of carbonyl (C=O) groups excluding carboxylic acids is 2. The summed E-state index contributed by atoms with van der Waals surface area (Å²) in [4.78, 5) is 27.3.